The average Bonchev–Trinajstić information content (AvgIpc) is 2.71. The summed E-state index contributed by atoms with van der Waals surface area (Å²) in [5.41, 5.74) is 2.27. The van der Waals surface area contributed by atoms with Crippen LogP contribution in [0.15, 0.2) is 42.5 Å². The predicted molar refractivity (Wildman–Crippen MR) is 109 cm³/mol. The number of nitrogens with one attached hydrogen (secondary N) is 1. The summed E-state index contributed by atoms with van der Waals surface area (Å²) in [6.07, 6.45) is 0. The molecule has 0 spiro atoms. The minimum absolute atomic E-state index is 0.220. The van der Waals surface area contributed by atoms with E-state index in [4.69, 9.17) is 4.74 Å². The molecule has 2 aromatic carbocycles. The molecule has 8 nitrogen and oxygen atoms in total. The Kier molecular flexibility index (Phi) is 5.95. The summed E-state index contributed by atoms with van der Waals surface area (Å²) in [6.45, 7) is 0.744. The SMILES string of the molecule is COc1ccc2c(NCc3ccc(B(O)OC=O)cc3)nc(N(C)C)nc2c1. The van der Waals surface area contributed by atoms with Gasteiger partial charge in [-0.15, -0.1) is 0 Å². The quantitative estimate of drug-likeness (QED) is 0.444. The summed E-state index contributed by atoms with van der Waals surface area (Å²) in [5.74, 6) is 2.03. The Labute approximate surface area is 163 Å². The first-order chi connectivity index (χ1) is 13.5. The van der Waals surface area contributed by atoms with Crippen LogP contribution < -0.4 is 20.4 Å². The Hall–Kier alpha value is -3.33. The zero-order valence-electron chi connectivity index (χ0n) is 15.9. The molecule has 0 bridgehead atoms. The number of aromatic nitrogens is 2. The fourth-order valence-corrected chi connectivity index (χ4v) is 2.68. The standard InChI is InChI=1S/C19H21BN4O4/c1-24(2)19-22-17-10-15(27-3)8-9-16(17)18(23-19)21-11-13-4-6-14(7-5-13)20(26)28-12-25/h4-10,12,26H,11H2,1-3H3,(H,21,22,23). The summed E-state index contributed by atoms with van der Waals surface area (Å²) < 4.78 is 9.82. The highest BCUT2D eigenvalue weighted by atomic mass is 16.5. The first-order valence-electron chi connectivity index (χ1n) is 8.65. The highest BCUT2D eigenvalue weighted by Crippen LogP contribution is 2.26. The number of nitrogens with zero attached hydrogens (tertiary/aromatic N) is 3. The maximum atomic E-state index is 10.3. The molecule has 3 rings (SSSR count). The van der Waals surface area contributed by atoms with E-state index in [2.05, 4.69) is 19.9 Å². The Morgan fingerprint density at radius 3 is 2.57 bits per heavy atom. The van der Waals surface area contributed by atoms with Gasteiger partial charge in [0.2, 0.25) is 5.95 Å². The van der Waals surface area contributed by atoms with Gasteiger partial charge in [-0.3, -0.25) is 4.79 Å². The molecular weight excluding hydrogens is 359 g/mol. The predicted octanol–water partition coefficient (Wildman–Crippen LogP) is 1.18. The molecule has 0 amide bonds. The lowest BCUT2D eigenvalue weighted by molar-refractivity contribution is -0.121. The van der Waals surface area contributed by atoms with Crippen LogP contribution >= 0.6 is 0 Å². The van der Waals surface area contributed by atoms with Crippen LogP contribution in [0.3, 0.4) is 0 Å². The number of ether oxygens (including phenoxy) is 1. The van der Waals surface area contributed by atoms with Crippen LogP contribution in [0.4, 0.5) is 11.8 Å². The monoisotopic (exact) mass is 380 g/mol. The summed E-state index contributed by atoms with van der Waals surface area (Å²) in [5, 5.41) is 13.9. The van der Waals surface area contributed by atoms with Crippen molar-refractivity contribution >= 4 is 41.7 Å². The molecule has 0 radical (unpaired) electrons. The fourth-order valence-electron chi connectivity index (χ4n) is 2.68. The van der Waals surface area contributed by atoms with Crippen LogP contribution in [0.5, 0.6) is 5.75 Å². The van der Waals surface area contributed by atoms with Gasteiger partial charge in [-0.2, -0.15) is 4.98 Å². The molecule has 9 heteroatoms. The molecule has 28 heavy (non-hydrogen) atoms. The minimum atomic E-state index is -1.26. The summed E-state index contributed by atoms with van der Waals surface area (Å²) in [7, 11) is 4.13. The van der Waals surface area contributed by atoms with Crippen molar-refractivity contribution in [2.45, 2.75) is 6.54 Å². The molecule has 2 N–H and O–H groups in total. The molecule has 3 aromatic rings. The van der Waals surface area contributed by atoms with E-state index in [0.717, 1.165) is 22.2 Å². The number of methoxy groups -OCH3 is 1. The Morgan fingerprint density at radius 1 is 1.18 bits per heavy atom. The number of hydrogen-bond acceptors (Lipinski definition) is 8. The summed E-state index contributed by atoms with van der Waals surface area (Å²) in [4.78, 5) is 21.3. The molecule has 0 aliphatic heterocycles. The molecule has 0 unspecified atom stereocenters. The van der Waals surface area contributed by atoms with Crippen LogP contribution in [0, 0.1) is 0 Å². The van der Waals surface area contributed by atoms with Crippen molar-refractivity contribution in [1.29, 1.82) is 0 Å². The van der Waals surface area contributed by atoms with E-state index in [1.54, 1.807) is 19.2 Å². The van der Waals surface area contributed by atoms with Crippen molar-refractivity contribution in [3.05, 3.63) is 48.0 Å². The lowest BCUT2D eigenvalue weighted by Gasteiger charge is -2.15. The lowest BCUT2D eigenvalue weighted by Crippen LogP contribution is -2.33. The van der Waals surface area contributed by atoms with Crippen molar-refractivity contribution in [3.63, 3.8) is 0 Å². The third kappa shape index (κ3) is 4.32. The van der Waals surface area contributed by atoms with Gasteiger partial charge < -0.3 is 24.6 Å². The second-order valence-electron chi connectivity index (χ2n) is 6.33. The number of carbonyl (C=O) groups excluding carboxylic acids is 1. The molecule has 0 saturated heterocycles. The highest BCUT2D eigenvalue weighted by Gasteiger charge is 2.17. The van der Waals surface area contributed by atoms with Gasteiger partial charge in [0.05, 0.1) is 12.6 Å². The van der Waals surface area contributed by atoms with Crippen molar-refractivity contribution in [2.75, 3.05) is 31.4 Å². The van der Waals surface area contributed by atoms with Gasteiger partial charge in [-0.25, -0.2) is 4.98 Å². The van der Waals surface area contributed by atoms with Gasteiger partial charge in [-0.05, 0) is 23.2 Å². The molecular formula is C19H21BN4O4. The topological polar surface area (TPSA) is 96.8 Å². The van der Waals surface area contributed by atoms with Crippen LogP contribution in [0.25, 0.3) is 10.9 Å². The number of fused-ring (bicyclic) bond motifs is 1. The third-order valence-electron chi connectivity index (χ3n) is 4.20. The Bertz CT molecular complexity index is 966. The fraction of sp³-hybridized carbons (Fsp3) is 0.211. The molecule has 0 atom stereocenters. The van der Waals surface area contributed by atoms with Crippen LogP contribution in [-0.2, 0) is 16.0 Å². The summed E-state index contributed by atoms with van der Waals surface area (Å²) >= 11 is 0. The van der Waals surface area contributed by atoms with E-state index in [1.165, 1.54) is 0 Å². The maximum Gasteiger partial charge on any atom is 0.561 e. The molecule has 0 aliphatic carbocycles. The van der Waals surface area contributed by atoms with Gasteiger partial charge in [0, 0.05) is 32.1 Å². The molecule has 1 aromatic heterocycles. The van der Waals surface area contributed by atoms with Crippen molar-refractivity contribution in [1.82, 2.24) is 9.97 Å². The first-order valence-corrected chi connectivity index (χ1v) is 8.65. The maximum absolute atomic E-state index is 10.3. The number of anilines is 2. The smallest absolute Gasteiger partial charge is 0.508 e. The highest BCUT2D eigenvalue weighted by molar-refractivity contribution is 6.61. The minimum Gasteiger partial charge on any atom is -0.508 e. The van der Waals surface area contributed by atoms with Crippen molar-refractivity contribution < 1.29 is 19.2 Å². The second-order valence-corrected chi connectivity index (χ2v) is 6.33. The van der Waals surface area contributed by atoms with Crippen molar-refractivity contribution in [3.8, 4) is 5.75 Å². The molecule has 0 saturated carbocycles. The zero-order chi connectivity index (χ0) is 20.1. The zero-order valence-corrected chi connectivity index (χ0v) is 15.9. The van der Waals surface area contributed by atoms with E-state index in [1.807, 2.05) is 49.3 Å². The molecule has 0 aliphatic rings. The summed E-state index contributed by atoms with van der Waals surface area (Å²) in [6, 6.07) is 12.8. The largest absolute Gasteiger partial charge is 0.561 e. The van der Waals surface area contributed by atoms with E-state index < -0.39 is 7.12 Å². The van der Waals surface area contributed by atoms with Crippen LogP contribution in [0.1, 0.15) is 5.56 Å². The number of hydrogen-bond donors (Lipinski definition) is 2. The number of rotatable bonds is 8. The second kappa shape index (κ2) is 8.58. The molecule has 144 valence electrons. The normalized spacial score (nSPS) is 10.4. The van der Waals surface area contributed by atoms with Gasteiger partial charge >= 0.3 is 7.12 Å². The molecule has 1 heterocycles. The van der Waals surface area contributed by atoms with Gasteiger partial charge in [-0.1, -0.05) is 24.3 Å². The van der Waals surface area contributed by atoms with E-state index >= 15 is 0 Å². The van der Waals surface area contributed by atoms with E-state index in [0.29, 0.717) is 23.8 Å². The van der Waals surface area contributed by atoms with Crippen molar-refractivity contribution in [2.24, 2.45) is 0 Å². The van der Waals surface area contributed by atoms with E-state index in [9.17, 15) is 9.82 Å². The van der Waals surface area contributed by atoms with Gasteiger partial charge in [0.15, 0.2) is 0 Å². The lowest BCUT2D eigenvalue weighted by atomic mass is 9.79. The Balaban J connectivity index is 1.84. The molecule has 0 fully saturated rings. The third-order valence-corrected chi connectivity index (χ3v) is 4.20. The first kappa shape index (κ1) is 19.4. The average molecular weight is 380 g/mol. The van der Waals surface area contributed by atoms with E-state index in [-0.39, 0.29) is 6.47 Å². The van der Waals surface area contributed by atoms with Gasteiger partial charge in [0.25, 0.3) is 6.47 Å². The Morgan fingerprint density at radius 2 is 1.93 bits per heavy atom. The number of benzene rings is 2. The number of carbonyl (C=O) groups is 1. The van der Waals surface area contributed by atoms with Crippen LogP contribution in [0.2, 0.25) is 0 Å². The van der Waals surface area contributed by atoms with Crippen LogP contribution in [-0.4, -0.2) is 49.8 Å². The van der Waals surface area contributed by atoms with Gasteiger partial charge in [0.1, 0.15) is 11.6 Å².